The molecule has 2 N–H and O–H groups in total. The number of hydrogen-bond donors (Lipinski definition) is 1. The van der Waals surface area contributed by atoms with Crippen molar-refractivity contribution in [3.63, 3.8) is 0 Å². The second kappa shape index (κ2) is 6.01. The Morgan fingerprint density at radius 2 is 1.94 bits per heavy atom. The molecule has 0 radical (unpaired) electrons. The van der Waals surface area contributed by atoms with Gasteiger partial charge in [0.15, 0.2) is 0 Å². The summed E-state index contributed by atoms with van der Waals surface area (Å²) in [7, 11) is 0. The Morgan fingerprint density at radius 1 is 1.38 bits per heavy atom. The maximum Gasteiger partial charge on any atom is 0.239 e. The zero-order chi connectivity index (χ0) is 12.1. The third-order valence-corrected chi connectivity index (χ3v) is 3.09. The summed E-state index contributed by atoms with van der Waals surface area (Å²) < 4.78 is 0. The fraction of sp³-hybridized carbons (Fsp3) is 0.750. The van der Waals surface area contributed by atoms with Gasteiger partial charge in [0.05, 0.1) is 6.04 Å². The summed E-state index contributed by atoms with van der Waals surface area (Å²) >= 11 is 0. The molecule has 0 aromatic carbocycles. The van der Waals surface area contributed by atoms with E-state index in [1.54, 1.807) is 6.08 Å². The maximum atomic E-state index is 11.9. The van der Waals surface area contributed by atoms with E-state index in [1.165, 1.54) is 0 Å². The quantitative estimate of drug-likeness (QED) is 0.706. The third kappa shape index (κ3) is 3.32. The molecule has 4 heteroatoms. The van der Waals surface area contributed by atoms with Gasteiger partial charge in [0.2, 0.25) is 5.91 Å². The average Bonchev–Trinajstić information content (AvgIpc) is 2.28. The monoisotopic (exact) mass is 225 g/mol. The molecule has 0 aliphatic carbocycles. The van der Waals surface area contributed by atoms with Crippen LogP contribution >= 0.6 is 0 Å². The molecular weight excluding hydrogens is 202 g/mol. The Labute approximate surface area is 98.1 Å². The molecule has 1 rings (SSSR count). The molecule has 0 bridgehead atoms. The zero-order valence-electron chi connectivity index (χ0n) is 10.4. The van der Waals surface area contributed by atoms with Crippen molar-refractivity contribution in [2.75, 3.05) is 26.2 Å². The molecule has 1 heterocycles. The van der Waals surface area contributed by atoms with Crippen molar-refractivity contribution in [3.05, 3.63) is 12.7 Å². The van der Waals surface area contributed by atoms with Crippen LogP contribution in [0.4, 0.5) is 0 Å². The smallest absolute Gasteiger partial charge is 0.239 e. The summed E-state index contributed by atoms with van der Waals surface area (Å²) in [5.41, 5.74) is 5.78. The van der Waals surface area contributed by atoms with E-state index in [4.69, 9.17) is 5.73 Å². The number of nitrogens with zero attached hydrogens (tertiary/aromatic N) is 2. The van der Waals surface area contributed by atoms with Gasteiger partial charge in [-0.1, -0.05) is 6.08 Å². The van der Waals surface area contributed by atoms with Gasteiger partial charge in [-0.05, 0) is 20.3 Å². The average molecular weight is 225 g/mol. The first-order valence-corrected chi connectivity index (χ1v) is 5.95. The summed E-state index contributed by atoms with van der Waals surface area (Å²) in [6.45, 7) is 11.5. The van der Waals surface area contributed by atoms with Crippen LogP contribution in [-0.4, -0.2) is 54.0 Å². The summed E-state index contributed by atoms with van der Waals surface area (Å²) in [6.07, 6.45) is 2.26. The van der Waals surface area contributed by atoms with Gasteiger partial charge >= 0.3 is 0 Å². The highest BCUT2D eigenvalue weighted by Crippen LogP contribution is 2.07. The fourth-order valence-electron chi connectivity index (χ4n) is 1.97. The number of nitrogens with two attached hydrogens (primary N) is 1. The van der Waals surface area contributed by atoms with E-state index in [0.29, 0.717) is 12.5 Å². The SMILES string of the molecule is C=CCC(N)C(=O)N1CCN(C(C)C)CC1. The molecular formula is C12H23N3O. The van der Waals surface area contributed by atoms with Crippen LogP contribution in [0.15, 0.2) is 12.7 Å². The first-order chi connectivity index (χ1) is 7.56. The van der Waals surface area contributed by atoms with Gasteiger partial charge in [0.1, 0.15) is 0 Å². The van der Waals surface area contributed by atoms with E-state index in [-0.39, 0.29) is 5.91 Å². The van der Waals surface area contributed by atoms with Crippen molar-refractivity contribution in [2.45, 2.75) is 32.4 Å². The van der Waals surface area contributed by atoms with Crippen molar-refractivity contribution in [1.82, 2.24) is 9.80 Å². The topological polar surface area (TPSA) is 49.6 Å². The lowest BCUT2D eigenvalue weighted by atomic mass is 10.1. The number of piperazine rings is 1. The molecule has 92 valence electrons. The van der Waals surface area contributed by atoms with E-state index in [9.17, 15) is 4.79 Å². The molecule has 0 spiro atoms. The number of carbonyl (C=O) groups is 1. The molecule has 1 aliphatic heterocycles. The molecule has 1 unspecified atom stereocenters. The molecule has 4 nitrogen and oxygen atoms in total. The Hall–Kier alpha value is -0.870. The molecule has 1 amide bonds. The molecule has 16 heavy (non-hydrogen) atoms. The van der Waals surface area contributed by atoms with Crippen molar-refractivity contribution >= 4 is 5.91 Å². The van der Waals surface area contributed by atoms with Crippen LogP contribution in [0.1, 0.15) is 20.3 Å². The van der Waals surface area contributed by atoms with Gasteiger partial charge in [0, 0.05) is 32.2 Å². The van der Waals surface area contributed by atoms with Crippen molar-refractivity contribution in [2.24, 2.45) is 5.73 Å². The Bertz CT molecular complexity index is 245. The normalized spacial score (nSPS) is 19.9. The third-order valence-electron chi connectivity index (χ3n) is 3.09. The van der Waals surface area contributed by atoms with Crippen LogP contribution in [0, 0.1) is 0 Å². The largest absolute Gasteiger partial charge is 0.339 e. The lowest BCUT2D eigenvalue weighted by molar-refractivity contribution is -0.134. The molecule has 1 fully saturated rings. The van der Waals surface area contributed by atoms with E-state index >= 15 is 0 Å². The first kappa shape index (κ1) is 13.2. The molecule has 1 aliphatic rings. The van der Waals surface area contributed by atoms with Gasteiger partial charge in [-0.25, -0.2) is 0 Å². The second-order valence-electron chi connectivity index (χ2n) is 4.59. The minimum atomic E-state index is -0.414. The number of rotatable bonds is 4. The van der Waals surface area contributed by atoms with Gasteiger partial charge in [-0.3, -0.25) is 9.69 Å². The van der Waals surface area contributed by atoms with Crippen LogP contribution < -0.4 is 5.73 Å². The first-order valence-electron chi connectivity index (χ1n) is 5.95. The predicted molar refractivity (Wildman–Crippen MR) is 66.1 cm³/mol. The van der Waals surface area contributed by atoms with Gasteiger partial charge in [-0.15, -0.1) is 6.58 Å². The number of hydrogen-bond acceptors (Lipinski definition) is 3. The van der Waals surface area contributed by atoms with Crippen LogP contribution in [0.5, 0.6) is 0 Å². The summed E-state index contributed by atoms with van der Waals surface area (Å²) in [5, 5.41) is 0. The second-order valence-corrected chi connectivity index (χ2v) is 4.59. The van der Waals surface area contributed by atoms with Crippen LogP contribution in [0.2, 0.25) is 0 Å². The summed E-state index contributed by atoms with van der Waals surface area (Å²) in [4.78, 5) is 16.1. The van der Waals surface area contributed by atoms with Crippen molar-refractivity contribution in [1.29, 1.82) is 0 Å². The van der Waals surface area contributed by atoms with E-state index in [2.05, 4.69) is 25.3 Å². The lowest BCUT2D eigenvalue weighted by Gasteiger charge is -2.37. The Balaban J connectivity index is 2.41. The highest BCUT2D eigenvalue weighted by atomic mass is 16.2. The van der Waals surface area contributed by atoms with Crippen LogP contribution in [-0.2, 0) is 4.79 Å². The van der Waals surface area contributed by atoms with Gasteiger partial charge in [-0.2, -0.15) is 0 Å². The number of carbonyl (C=O) groups excluding carboxylic acids is 1. The lowest BCUT2D eigenvalue weighted by Crippen LogP contribution is -2.54. The Morgan fingerprint density at radius 3 is 2.38 bits per heavy atom. The fourth-order valence-corrected chi connectivity index (χ4v) is 1.97. The maximum absolute atomic E-state index is 11.9. The van der Waals surface area contributed by atoms with Crippen molar-refractivity contribution < 1.29 is 4.79 Å². The summed E-state index contributed by atoms with van der Waals surface area (Å²) in [6, 6.07) is 0.141. The number of amides is 1. The van der Waals surface area contributed by atoms with Gasteiger partial charge in [0.25, 0.3) is 0 Å². The van der Waals surface area contributed by atoms with E-state index < -0.39 is 6.04 Å². The molecule has 0 aromatic heterocycles. The predicted octanol–water partition coefficient (Wildman–Crippen LogP) is 0.442. The molecule has 1 saturated heterocycles. The minimum absolute atomic E-state index is 0.0586. The minimum Gasteiger partial charge on any atom is -0.339 e. The standard InChI is InChI=1S/C12H23N3O/c1-4-5-11(13)12(16)15-8-6-14(7-9-15)10(2)3/h4,10-11H,1,5-9,13H2,2-3H3. The Kier molecular flexibility index (Phi) is 4.96. The van der Waals surface area contributed by atoms with Gasteiger partial charge < -0.3 is 10.6 Å². The highest BCUT2D eigenvalue weighted by Gasteiger charge is 2.25. The van der Waals surface area contributed by atoms with E-state index in [1.807, 2.05) is 4.90 Å². The van der Waals surface area contributed by atoms with E-state index in [0.717, 1.165) is 26.2 Å². The van der Waals surface area contributed by atoms with Crippen LogP contribution in [0.3, 0.4) is 0 Å². The highest BCUT2D eigenvalue weighted by molar-refractivity contribution is 5.81. The molecule has 0 aromatic rings. The molecule has 0 saturated carbocycles. The van der Waals surface area contributed by atoms with Crippen molar-refractivity contribution in [3.8, 4) is 0 Å². The summed E-state index contributed by atoms with van der Waals surface area (Å²) in [5.74, 6) is 0.0586. The zero-order valence-corrected chi connectivity index (χ0v) is 10.4. The molecule has 1 atom stereocenters. The van der Waals surface area contributed by atoms with Crippen LogP contribution in [0.25, 0.3) is 0 Å².